The number of aryl methyl sites for hydroxylation is 1. The molecule has 2 N–H and O–H groups in total. The number of anilines is 1. The van der Waals surface area contributed by atoms with Crippen molar-refractivity contribution < 1.29 is 8.42 Å². The molecule has 1 aliphatic rings. The number of nitrogens with zero attached hydrogens (tertiary/aromatic N) is 5. The zero-order valence-corrected chi connectivity index (χ0v) is 18.1. The summed E-state index contributed by atoms with van der Waals surface area (Å²) in [6.07, 6.45) is 1.54. The number of hydrogen-bond donors (Lipinski definition) is 2. The molecule has 0 radical (unpaired) electrons. The van der Waals surface area contributed by atoms with Crippen LogP contribution in [0, 0.1) is 0 Å². The van der Waals surface area contributed by atoms with E-state index in [1.54, 1.807) is 6.92 Å². The van der Waals surface area contributed by atoms with Gasteiger partial charge in [-0.05, 0) is 20.3 Å². The molecule has 1 aromatic heterocycles. The first-order valence-corrected chi connectivity index (χ1v) is 12.0. The third-order valence-electron chi connectivity index (χ3n) is 4.26. The molecule has 2 heterocycles. The van der Waals surface area contributed by atoms with Crippen LogP contribution in [0.4, 0.5) is 5.13 Å². The summed E-state index contributed by atoms with van der Waals surface area (Å²) in [5.74, 6) is 1.91. The van der Waals surface area contributed by atoms with Crippen molar-refractivity contribution in [2.45, 2.75) is 33.6 Å². The van der Waals surface area contributed by atoms with Gasteiger partial charge in [-0.25, -0.2) is 18.1 Å². The Bertz CT molecular complexity index is 697. The number of nitrogens with one attached hydrogen (secondary N) is 2. The summed E-state index contributed by atoms with van der Waals surface area (Å²) in [6.45, 7) is 11.1. The van der Waals surface area contributed by atoms with Crippen LogP contribution in [0.5, 0.6) is 0 Å². The molecular weight excluding hydrogens is 386 g/mol. The van der Waals surface area contributed by atoms with E-state index >= 15 is 0 Å². The summed E-state index contributed by atoms with van der Waals surface area (Å²) in [5, 5.41) is 4.33. The summed E-state index contributed by atoms with van der Waals surface area (Å²) < 4.78 is 29.8. The van der Waals surface area contributed by atoms with E-state index in [2.05, 4.69) is 48.0 Å². The van der Waals surface area contributed by atoms with Crippen LogP contribution in [-0.2, 0) is 16.4 Å². The first-order chi connectivity index (χ1) is 13.0. The second kappa shape index (κ2) is 10.8. The fourth-order valence-electron chi connectivity index (χ4n) is 2.65. The van der Waals surface area contributed by atoms with Crippen LogP contribution in [-0.4, -0.2) is 80.2 Å². The fraction of sp³-hybridized carbons (Fsp3) is 0.812. The normalized spacial score (nSPS) is 16.0. The number of hydrogen-bond acceptors (Lipinski definition) is 7. The number of piperazine rings is 1. The minimum atomic E-state index is -3.12. The molecule has 0 atom stereocenters. The minimum absolute atomic E-state index is 0.109. The maximum atomic E-state index is 11.4. The first kappa shape index (κ1) is 21.8. The van der Waals surface area contributed by atoms with Gasteiger partial charge in [0.1, 0.15) is 5.82 Å². The number of aromatic nitrogens is 2. The summed E-state index contributed by atoms with van der Waals surface area (Å²) in [4.78, 5) is 13.7. The smallest absolute Gasteiger partial charge is 0.211 e. The highest BCUT2D eigenvalue weighted by Crippen LogP contribution is 2.19. The molecule has 2 rings (SSSR count). The van der Waals surface area contributed by atoms with Crippen LogP contribution in [0.1, 0.15) is 33.0 Å². The maximum absolute atomic E-state index is 11.4. The number of aliphatic imine (C=N–C) groups is 1. The van der Waals surface area contributed by atoms with Crippen molar-refractivity contribution in [3.63, 3.8) is 0 Å². The van der Waals surface area contributed by atoms with Crippen LogP contribution < -0.4 is 14.9 Å². The molecule has 27 heavy (non-hydrogen) atoms. The van der Waals surface area contributed by atoms with Gasteiger partial charge in [-0.1, -0.05) is 6.92 Å². The molecule has 154 valence electrons. The number of rotatable bonds is 9. The lowest BCUT2D eigenvalue weighted by Gasteiger charge is -2.36. The average molecular weight is 418 g/mol. The Kier molecular flexibility index (Phi) is 8.71. The first-order valence-electron chi connectivity index (χ1n) is 9.57. The molecule has 0 aliphatic carbocycles. The van der Waals surface area contributed by atoms with Crippen LogP contribution in [0.2, 0.25) is 0 Å². The van der Waals surface area contributed by atoms with Gasteiger partial charge < -0.3 is 15.1 Å². The zero-order valence-electron chi connectivity index (χ0n) is 16.4. The lowest BCUT2D eigenvalue weighted by atomic mass is 10.3. The highest BCUT2D eigenvalue weighted by atomic mass is 32.2. The Labute approximate surface area is 166 Å². The quantitative estimate of drug-likeness (QED) is 0.343. The van der Waals surface area contributed by atoms with Crippen molar-refractivity contribution in [2.24, 2.45) is 4.99 Å². The molecule has 0 spiro atoms. The van der Waals surface area contributed by atoms with E-state index in [0.29, 0.717) is 19.5 Å². The molecular formula is C16H31N7O2S2. The van der Waals surface area contributed by atoms with Crippen LogP contribution in [0.15, 0.2) is 4.99 Å². The Hall–Kier alpha value is -1.46. The van der Waals surface area contributed by atoms with Gasteiger partial charge >= 0.3 is 0 Å². The van der Waals surface area contributed by atoms with Crippen molar-refractivity contribution in [1.82, 2.24) is 24.3 Å². The standard InChI is InChI=1S/C16H31N7O2S2/c1-4-14-20-16(26-21-14)23-12-10-22(11-13-23)15(17-5-2)18-8-7-9-19-27(24,25)6-3/h19H,4-13H2,1-3H3,(H,17,18). The van der Waals surface area contributed by atoms with Gasteiger partial charge in [0, 0.05) is 63.8 Å². The molecule has 1 saturated heterocycles. The van der Waals surface area contributed by atoms with Crippen LogP contribution in [0.25, 0.3) is 0 Å². The fourth-order valence-corrected chi connectivity index (χ4v) is 4.11. The lowest BCUT2D eigenvalue weighted by Crippen LogP contribution is -2.52. The van der Waals surface area contributed by atoms with Crippen molar-refractivity contribution in [2.75, 3.05) is 56.5 Å². The van der Waals surface area contributed by atoms with E-state index in [1.807, 2.05) is 0 Å². The summed E-state index contributed by atoms with van der Waals surface area (Å²) in [6, 6.07) is 0. The molecule has 1 aromatic rings. The Morgan fingerprint density at radius 1 is 1.22 bits per heavy atom. The molecule has 0 amide bonds. The maximum Gasteiger partial charge on any atom is 0.211 e. The predicted octanol–water partition coefficient (Wildman–Crippen LogP) is 0.517. The topological polar surface area (TPSA) is 103 Å². The van der Waals surface area contributed by atoms with Gasteiger partial charge in [-0.15, -0.1) is 0 Å². The molecule has 9 nitrogen and oxygen atoms in total. The van der Waals surface area contributed by atoms with Crippen molar-refractivity contribution in [3.05, 3.63) is 5.82 Å². The number of guanidine groups is 1. The van der Waals surface area contributed by atoms with Crippen molar-refractivity contribution in [3.8, 4) is 0 Å². The van der Waals surface area contributed by atoms with Gasteiger partial charge in [0.25, 0.3) is 0 Å². The minimum Gasteiger partial charge on any atom is -0.357 e. The molecule has 0 saturated carbocycles. The van der Waals surface area contributed by atoms with E-state index in [1.165, 1.54) is 11.5 Å². The second-order valence-corrected chi connectivity index (χ2v) is 9.03. The highest BCUT2D eigenvalue weighted by molar-refractivity contribution is 7.89. The Morgan fingerprint density at radius 2 is 1.96 bits per heavy atom. The summed E-state index contributed by atoms with van der Waals surface area (Å²) in [7, 11) is -3.12. The van der Waals surface area contributed by atoms with Gasteiger partial charge in [-0.2, -0.15) is 4.37 Å². The third kappa shape index (κ3) is 6.89. The Balaban J connectivity index is 1.82. The average Bonchev–Trinajstić information content (AvgIpc) is 3.16. The van der Waals surface area contributed by atoms with E-state index in [4.69, 9.17) is 0 Å². The monoisotopic (exact) mass is 417 g/mol. The van der Waals surface area contributed by atoms with Gasteiger partial charge in [0.15, 0.2) is 5.96 Å². The molecule has 0 aromatic carbocycles. The highest BCUT2D eigenvalue weighted by Gasteiger charge is 2.21. The molecule has 1 fully saturated rings. The largest absolute Gasteiger partial charge is 0.357 e. The Morgan fingerprint density at radius 3 is 2.56 bits per heavy atom. The van der Waals surface area contributed by atoms with Crippen molar-refractivity contribution in [1.29, 1.82) is 0 Å². The zero-order chi connectivity index (χ0) is 19.7. The lowest BCUT2D eigenvalue weighted by molar-refractivity contribution is 0.372. The molecule has 0 unspecified atom stereocenters. The van der Waals surface area contributed by atoms with Crippen molar-refractivity contribution >= 4 is 32.6 Å². The third-order valence-corrected chi connectivity index (χ3v) is 6.48. The summed E-state index contributed by atoms with van der Waals surface area (Å²) >= 11 is 1.47. The molecule has 1 aliphatic heterocycles. The van der Waals surface area contributed by atoms with Gasteiger partial charge in [0.05, 0.1) is 5.75 Å². The van der Waals surface area contributed by atoms with Crippen LogP contribution >= 0.6 is 11.5 Å². The summed E-state index contributed by atoms with van der Waals surface area (Å²) in [5.41, 5.74) is 0. The van der Waals surface area contributed by atoms with Gasteiger partial charge in [-0.3, -0.25) is 4.99 Å². The van der Waals surface area contributed by atoms with E-state index in [-0.39, 0.29) is 5.75 Å². The second-order valence-electron chi connectivity index (χ2n) is 6.21. The molecule has 0 bridgehead atoms. The predicted molar refractivity (Wildman–Crippen MR) is 111 cm³/mol. The van der Waals surface area contributed by atoms with E-state index in [0.717, 1.165) is 56.1 Å². The van der Waals surface area contributed by atoms with E-state index in [9.17, 15) is 8.42 Å². The number of sulfonamides is 1. The van der Waals surface area contributed by atoms with Gasteiger partial charge in [0.2, 0.25) is 15.2 Å². The SMILES string of the molecule is CCNC(=NCCCNS(=O)(=O)CC)N1CCN(c2nc(CC)ns2)CC1. The van der Waals surface area contributed by atoms with E-state index < -0.39 is 10.0 Å². The molecule has 11 heteroatoms. The van der Waals surface area contributed by atoms with Crippen LogP contribution in [0.3, 0.4) is 0 Å².